The minimum Gasteiger partial charge on any atom is -0.291 e. The molecule has 13 heteroatoms. The van der Waals surface area contributed by atoms with Gasteiger partial charge < -0.3 is 0 Å². The smallest absolute Gasteiger partial charge is 0.269 e. The first-order valence-electron chi connectivity index (χ1n) is 9.47. The molecule has 13 nitrogen and oxygen atoms in total. The van der Waals surface area contributed by atoms with Gasteiger partial charge in [0.1, 0.15) is 17.5 Å². The average Bonchev–Trinajstić information content (AvgIpc) is 2.71. The Bertz CT molecular complexity index is 1020. The van der Waals surface area contributed by atoms with Gasteiger partial charge in [-0.05, 0) is 25.0 Å². The molecule has 0 bridgehead atoms. The van der Waals surface area contributed by atoms with Crippen molar-refractivity contribution in [3.05, 3.63) is 100 Å². The van der Waals surface area contributed by atoms with E-state index in [1.807, 2.05) is 0 Å². The van der Waals surface area contributed by atoms with Crippen molar-refractivity contribution in [2.45, 2.75) is 38.0 Å². The third kappa shape index (κ3) is 3.97. The van der Waals surface area contributed by atoms with Crippen LogP contribution in [0.15, 0.2) is 48.5 Å². The molecule has 1 saturated heterocycles. The molecule has 2 aromatic rings. The topological polar surface area (TPSA) is 185 Å². The lowest BCUT2D eigenvalue weighted by Gasteiger charge is -2.44. The van der Waals surface area contributed by atoms with Crippen molar-refractivity contribution in [2.75, 3.05) is 0 Å². The molecule has 1 heterocycles. The second-order valence-corrected chi connectivity index (χ2v) is 8.11. The Morgan fingerprint density at radius 2 is 1.09 bits per heavy atom. The van der Waals surface area contributed by atoms with Crippen molar-refractivity contribution in [1.82, 2.24) is 5.32 Å². The molecule has 4 atom stereocenters. The summed E-state index contributed by atoms with van der Waals surface area (Å²) in [6.07, 6.45) is 0. The van der Waals surface area contributed by atoms with Crippen LogP contribution in [0.3, 0.4) is 0 Å². The van der Waals surface area contributed by atoms with Crippen LogP contribution in [-0.4, -0.2) is 31.8 Å². The lowest BCUT2D eigenvalue weighted by Crippen LogP contribution is -2.63. The van der Waals surface area contributed by atoms with Gasteiger partial charge in [-0.25, -0.2) is 0 Å². The second-order valence-electron chi connectivity index (χ2n) is 8.11. The summed E-state index contributed by atoms with van der Waals surface area (Å²) in [4.78, 5) is 44.0. The molecule has 2 aromatic carbocycles. The first-order chi connectivity index (χ1) is 14.9. The summed E-state index contributed by atoms with van der Waals surface area (Å²) in [5.74, 6) is 0. The third-order valence-electron chi connectivity index (χ3n) is 5.85. The number of benzene rings is 2. The zero-order valence-electron chi connectivity index (χ0n) is 17.0. The normalized spacial score (nSPS) is 24.4. The van der Waals surface area contributed by atoms with Gasteiger partial charge in [0.15, 0.2) is 0 Å². The van der Waals surface area contributed by atoms with Crippen molar-refractivity contribution >= 4 is 11.4 Å². The second kappa shape index (κ2) is 8.26. The largest absolute Gasteiger partial charge is 0.291 e. The Morgan fingerprint density at radius 1 is 0.719 bits per heavy atom. The minimum absolute atomic E-state index is 0.214. The SMILES string of the molecule is CC1(C)[C@H]([N+](=O)[O-])[C@@H](c2cccc([N+](=O)[O-])c2)N[C@@H](c2cccc([N+](=O)[O-])c2)[C@H]1[N+](=O)[O-]. The standard InChI is InChI=1S/C19H19N5O8/c1-19(2)17(23(29)30)15(11-5-3-7-13(9-11)21(25)26)20-16(18(19)24(31)32)12-6-4-8-14(10-12)22(27)28/h3-10,15-18,20H,1-2H3/t15-,16+,17-,18-/m1/s1. The summed E-state index contributed by atoms with van der Waals surface area (Å²) in [6, 6.07) is 5.26. The molecule has 1 N–H and O–H groups in total. The number of hydrogen-bond acceptors (Lipinski definition) is 9. The fourth-order valence-electron chi connectivity index (χ4n) is 4.42. The number of nitro benzene ring substituents is 2. The summed E-state index contributed by atoms with van der Waals surface area (Å²) in [5.41, 5.74) is -1.67. The van der Waals surface area contributed by atoms with E-state index in [0.29, 0.717) is 0 Å². The Hall–Kier alpha value is -4.00. The highest BCUT2D eigenvalue weighted by atomic mass is 16.6. The van der Waals surface area contributed by atoms with E-state index in [0.717, 1.165) is 0 Å². The van der Waals surface area contributed by atoms with Gasteiger partial charge in [0, 0.05) is 34.1 Å². The average molecular weight is 445 g/mol. The lowest BCUT2D eigenvalue weighted by atomic mass is 9.66. The van der Waals surface area contributed by atoms with E-state index >= 15 is 0 Å². The summed E-state index contributed by atoms with van der Waals surface area (Å²) >= 11 is 0. The Kier molecular flexibility index (Phi) is 5.86. The van der Waals surface area contributed by atoms with E-state index in [9.17, 15) is 40.5 Å². The molecule has 3 rings (SSSR count). The number of nitrogens with zero attached hydrogens (tertiary/aromatic N) is 4. The quantitative estimate of drug-likeness (QED) is 0.515. The zero-order chi connectivity index (χ0) is 23.8. The van der Waals surface area contributed by atoms with Crippen molar-refractivity contribution in [1.29, 1.82) is 0 Å². The van der Waals surface area contributed by atoms with E-state index < -0.39 is 49.3 Å². The van der Waals surface area contributed by atoms with Crippen LogP contribution in [0.1, 0.15) is 37.1 Å². The minimum atomic E-state index is -1.52. The van der Waals surface area contributed by atoms with Gasteiger partial charge in [-0.1, -0.05) is 24.3 Å². The number of nitro groups is 4. The van der Waals surface area contributed by atoms with Gasteiger partial charge >= 0.3 is 0 Å². The van der Waals surface area contributed by atoms with Gasteiger partial charge in [-0.2, -0.15) is 0 Å². The van der Waals surface area contributed by atoms with Crippen LogP contribution in [0.25, 0.3) is 0 Å². The molecule has 32 heavy (non-hydrogen) atoms. The molecule has 1 aliphatic heterocycles. The summed E-state index contributed by atoms with van der Waals surface area (Å²) in [6.45, 7) is 2.78. The molecule has 1 fully saturated rings. The van der Waals surface area contributed by atoms with Crippen LogP contribution in [0, 0.1) is 45.9 Å². The molecule has 0 amide bonds. The maximum Gasteiger partial charge on any atom is 0.269 e. The van der Waals surface area contributed by atoms with Crippen LogP contribution in [0.2, 0.25) is 0 Å². The molecule has 0 aromatic heterocycles. The molecule has 1 aliphatic rings. The predicted molar refractivity (Wildman–Crippen MR) is 110 cm³/mol. The Morgan fingerprint density at radius 3 is 1.41 bits per heavy atom. The summed E-state index contributed by atoms with van der Waals surface area (Å²) in [7, 11) is 0. The Balaban J connectivity index is 2.20. The molecule has 0 aliphatic carbocycles. The van der Waals surface area contributed by atoms with Gasteiger partial charge in [-0.15, -0.1) is 0 Å². The van der Waals surface area contributed by atoms with Crippen molar-refractivity contribution in [3.8, 4) is 0 Å². The highest BCUT2D eigenvalue weighted by Crippen LogP contribution is 2.47. The first-order valence-corrected chi connectivity index (χ1v) is 9.47. The highest BCUT2D eigenvalue weighted by Gasteiger charge is 2.63. The van der Waals surface area contributed by atoms with E-state index in [2.05, 4.69) is 5.32 Å². The van der Waals surface area contributed by atoms with Crippen molar-refractivity contribution in [2.24, 2.45) is 5.41 Å². The lowest BCUT2D eigenvalue weighted by molar-refractivity contribution is -0.605. The number of piperidine rings is 1. The van der Waals surface area contributed by atoms with Gasteiger partial charge in [-0.3, -0.25) is 45.8 Å². The maximum absolute atomic E-state index is 12.0. The summed E-state index contributed by atoms with van der Waals surface area (Å²) in [5, 5.41) is 49.4. The van der Waals surface area contributed by atoms with Crippen LogP contribution >= 0.6 is 0 Å². The van der Waals surface area contributed by atoms with Gasteiger partial charge in [0.2, 0.25) is 12.1 Å². The number of hydrogen-bond donors (Lipinski definition) is 1. The van der Waals surface area contributed by atoms with E-state index in [4.69, 9.17) is 0 Å². The highest BCUT2D eigenvalue weighted by molar-refractivity contribution is 5.40. The predicted octanol–water partition coefficient (Wildman–Crippen LogP) is 3.21. The van der Waals surface area contributed by atoms with Crippen molar-refractivity contribution < 1.29 is 19.7 Å². The first kappa shape index (κ1) is 22.7. The van der Waals surface area contributed by atoms with Crippen LogP contribution < -0.4 is 5.32 Å². The fourth-order valence-corrected chi connectivity index (χ4v) is 4.42. The molecule has 0 radical (unpaired) electrons. The number of non-ortho nitro benzene ring substituents is 2. The van der Waals surface area contributed by atoms with E-state index in [1.54, 1.807) is 0 Å². The number of rotatable bonds is 6. The van der Waals surface area contributed by atoms with Crippen molar-refractivity contribution in [3.63, 3.8) is 0 Å². The van der Waals surface area contributed by atoms with Crippen LogP contribution in [0.4, 0.5) is 11.4 Å². The molecule has 0 unspecified atom stereocenters. The third-order valence-corrected chi connectivity index (χ3v) is 5.85. The van der Waals surface area contributed by atoms with Crippen LogP contribution in [-0.2, 0) is 0 Å². The maximum atomic E-state index is 12.0. The fraction of sp³-hybridized carbons (Fsp3) is 0.368. The van der Waals surface area contributed by atoms with Gasteiger partial charge in [0.05, 0.1) is 9.85 Å². The van der Waals surface area contributed by atoms with Gasteiger partial charge in [0.25, 0.3) is 11.4 Å². The zero-order valence-corrected chi connectivity index (χ0v) is 17.0. The van der Waals surface area contributed by atoms with E-state index in [-0.39, 0.29) is 22.5 Å². The Labute approximate surface area is 180 Å². The molecular weight excluding hydrogens is 426 g/mol. The summed E-state index contributed by atoms with van der Waals surface area (Å²) < 4.78 is 0. The molecule has 168 valence electrons. The van der Waals surface area contributed by atoms with Crippen LogP contribution in [0.5, 0.6) is 0 Å². The van der Waals surface area contributed by atoms with E-state index in [1.165, 1.54) is 62.4 Å². The number of nitrogens with one attached hydrogen (secondary N) is 1. The molecule has 0 saturated carbocycles. The molecule has 0 spiro atoms. The monoisotopic (exact) mass is 445 g/mol. The molecular formula is C19H19N5O8.